The van der Waals surface area contributed by atoms with E-state index >= 15 is 0 Å². The molecule has 1 aromatic carbocycles. The highest BCUT2D eigenvalue weighted by Crippen LogP contribution is 2.20. The van der Waals surface area contributed by atoms with Crippen molar-refractivity contribution in [3.8, 4) is 0 Å². The number of aromatic nitrogens is 3. The van der Waals surface area contributed by atoms with Crippen LogP contribution >= 0.6 is 0 Å². The molecule has 6 nitrogen and oxygen atoms in total. The quantitative estimate of drug-likeness (QED) is 0.460. The fraction of sp³-hybridized carbons (Fsp3) is 0.125. The Labute approximate surface area is 132 Å². The molecule has 0 saturated heterocycles. The summed E-state index contributed by atoms with van der Waals surface area (Å²) in [7, 11) is -3.51. The highest BCUT2D eigenvalue weighted by atomic mass is 32.2. The number of aromatic amines is 1. The number of fused-ring (bicyclic) bond motifs is 5. The lowest BCUT2D eigenvalue weighted by Crippen LogP contribution is -2.23. The Morgan fingerprint density at radius 2 is 2.04 bits per heavy atom. The number of nitrogens with one attached hydrogen (secondary N) is 1. The molecule has 0 atom stereocenters. The molecule has 0 bridgehead atoms. The number of hydrogen-bond acceptors (Lipinski definition) is 4. The normalized spacial score (nSPS) is 12.4. The second-order valence-corrected chi connectivity index (χ2v) is 7.04. The first-order valence-corrected chi connectivity index (χ1v) is 8.87. The van der Waals surface area contributed by atoms with Crippen molar-refractivity contribution in [2.24, 2.45) is 0 Å². The monoisotopic (exact) mass is 328 g/mol. The maximum atomic E-state index is 11.3. The molecule has 0 aliphatic carbocycles. The molecular formula is C16H14N3O3S+. The molecule has 116 valence electrons. The van der Waals surface area contributed by atoms with E-state index in [1.165, 1.54) is 0 Å². The van der Waals surface area contributed by atoms with Crippen LogP contribution < -0.4 is 4.40 Å². The zero-order valence-electron chi connectivity index (χ0n) is 12.4. The Morgan fingerprint density at radius 3 is 2.87 bits per heavy atom. The summed E-state index contributed by atoms with van der Waals surface area (Å²) < 4.78 is 29.7. The first-order valence-electron chi connectivity index (χ1n) is 7.05. The van der Waals surface area contributed by atoms with Gasteiger partial charge in [0.25, 0.3) is 15.8 Å². The van der Waals surface area contributed by atoms with Crippen molar-refractivity contribution in [2.45, 2.75) is 6.61 Å². The molecule has 4 rings (SSSR count). The minimum atomic E-state index is -3.51. The molecule has 0 aliphatic heterocycles. The van der Waals surface area contributed by atoms with Gasteiger partial charge in [0.05, 0.1) is 18.4 Å². The van der Waals surface area contributed by atoms with Crippen molar-refractivity contribution >= 4 is 37.7 Å². The summed E-state index contributed by atoms with van der Waals surface area (Å²) in [6.45, 7) is -0.0278. The highest BCUT2D eigenvalue weighted by Gasteiger charge is 2.20. The van der Waals surface area contributed by atoms with E-state index in [-0.39, 0.29) is 6.61 Å². The number of H-pyrrole nitrogens is 1. The minimum absolute atomic E-state index is 0.0278. The van der Waals surface area contributed by atoms with Gasteiger partial charge in [-0.3, -0.25) is 9.17 Å². The fourth-order valence-electron chi connectivity index (χ4n) is 2.80. The zero-order valence-corrected chi connectivity index (χ0v) is 13.2. The number of pyridine rings is 2. The number of nitrogens with zero attached hydrogens (tertiary/aromatic N) is 2. The summed E-state index contributed by atoms with van der Waals surface area (Å²) >= 11 is 0. The van der Waals surface area contributed by atoms with Crippen molar-refractivity contribution in [1.29, 1.82) is 0 Å². The van der Waals surface area contributed by atoms with E-state index in [4.69, 9.17) is 4.18 Å². The standard InChI is InChI=1S/C16H13N3O3S/c1-23(20,21)22-10-12-8-11-9-17-7-6-14(11)19-15-5-3-2-4-13(15)18-16(12)19/h2-9H,10H2,1H3/p+1. The Hall–Kier alpha value is -2.51. The van der Waals surface area contributed by atoms with Gasteiger partial charge in [0.1, 0.15) is 5.52 Å². The zero-order chi connectivity index (χ0) is 16.0. The second kappa shape index (κ2) is 5.00. The van der Waals surface area contributed by atoms with Crippen LogP contribution in [0.3, 0.4) is 0 Å². The third kappa shape index (κ3) is 2.43. The summed E-state index contributed by atoms with van der Waals surface area (Å²) in [5.41, 5.74) is 4.55. The summed E-state index contributed by atoms with van der Waals surface area (Å²) in [4.78, 5) is 7.49. The Bertz CT molecular complexity index is 1150. The number of benzene rings is 1. The van der Waals surface area contributed by atoms with Crippen molar-refractivity contribution in [2.75, 3.05) is 6.26 Å². The third-order valence-corrected chi connectivity index (χ3v) is 4.30. The number of imidazole rings is 1. The summed E-state index contributed by atoms with van der Waals surface area (Å²) in [5.74, 6) is 0. The number of rotatable bonds is 3. The van der Waals surface area contributed by atoms with E-state index < -0.39 is 10.1 Å². The molecule has 0 aliphatic rings. The summed E-state index contributed by atoms with van der Waals surface area (Å²) in [5, 5.41) is 0.918. The van der Waals surface area contributed by atoms with Crippen molar-refractivity contribution in [1.82, 2.24) is 9.97 Å². The van der Waals surface area contributed by atoms with Gasteiger partial charge in [-0.05, 0) is 18.2 Å². The molecule has 0 radical (unpaired) electrons. The van der Waals surface area contributed by atoms with Crippen molar-refractivity contribution in [3.63, 3.8) is 0 Å². The molecule has 4 aromatic rings. The molecule has 0 spiro atoms. The molecule has 3 aromatic heterocycles. The smallest absolute Gasteiger partial charge is 0.265 e. The Balaban J connectivity index is 2.08. The van der Waals surface area contributed by atoms with E-state index in [0.29, 0.717) is 0 Å². The Morgan fingerprint density at radius 1 is 1.22 bits per heavy atom. The number of para-hydroxylation sites is 2. The van der Waals surface area contributed by atoms with Gasteiger partial charge in [-0.15, -0.1) is 0 Å². The van der Waals surface area contributed by atoms with Crippen LogP contribution in [0.2, 0.25) is 0 Å². The van der Waals surface area contributed by atoms with Crippen LogP contribution in [0.15, 0.2) is 48.8 Å². The lowest BCUT2D eigenvalue weighted by atomic mass is 10.2. The molecule has 0 amide bonds. The first-order chi connectivity index (χ1) is 11.0. The van der Waals surface area contributed by atoms with Gasteiger partial charge in [-0.1, -0.05) is 12.1 Å². The third-order valence-electron chi connectivity index (χ3n) is 3.75. The maximum Gasteiger partial charge on any atom is 0.291 e. The molecule has 3 heterocycles. The lowest BCUT2D eigenvalue weighted by molar-refractivity contribution is -0.450. The van der Waals surface area contributed by atoms with Gasteiger partial charge >= 0.3 is 0 Å². The molecule has 0 unspecified atom stereocenters. The van der Waals surface area contributed by atoms with Crippen LogP contribution in [0.1, 0.15) is 5.56 Å². The van der Waals surface area contributed by atoms with Crippen LogP contribution in [-0.4, -0.2) is 24.6 Å². The highest BCUT2D eigenvalue weighted by molar-refractivity contribution is 7.85. The van der Waals surface area contributed by atoms with Gasteiger partial charge in [-0.2, -0.15) is 12.8 Å². The second-order valence-electron chi connectivity index (χ2n) is 5.40. The predicted octanol–water partition coefficient (Wildman–Crippen LogP) is 1.93. The van der Waals surface area contributed by atoms with Crippen LogP contribution in [0, 0.1) is 0 Å². The summed E-state index contributed by atoms with van der Waals surface area (Å²) in [6.07, 6.45) is 4.54. The van der Waals surface area contributed by atoms with Gasteiger partial charge in [0, 0.05) is 23.8 Å². The van der Waals surface area contributed by atoms with Crippen molar-refractivity contribution in [3.05, 3.63) is 54.4 Å². The van der Waals surface area contributed by atoms with Crippen LogP contribution in [-0.2, 0) is 20.9 Å². The number of hydrogen-bond donors (Lipinski definition) is 1. The van der Waals surface area contributed by atoms with Crippen molar-refractivity contribution < 1.29 is 17.0 Å². The lowest BCUT2D eigenvalue weighted by Gasteiger charge is -2.03. The average Bonchev–Trinajstić information content (AvgIpc) is 2.92. The molecule has 23 heavy (non-hydrogen) atoms. The molecule has 7 heteroatoms. The van der Waals surface area contributed by atoms with Crippen LogP contribution in [0.25, 0.3) is 27.6 Å². The average molecular weight is 328 g/mol. The predicted molar refractivity (Wildman–Crippen MR) is 86.4 cm³/mol. The van der Waals surface area contributed by atoms with Gasteiger partial charge in [0.2, 0.25) is 0 Å². The Kier molecular flexibility index (Phi) is 3.07. The van der Waals surface area contributed by atoms with Gasteiger partial charge in [0.15, 0.2) is 11.0 Å². The van der Waals surface area contributed by atoms with Crippen LogP contribution in [0.4, 0.5) is 0 Å². The van der Waals surface area contributed by atoms with E-state index in [1.807, 2.05) is 36.4 Å². The van der Waals surface area contributed by atoms with E-state index in [9.17, 15) is 8.42 Å². The first kappa shape index (κ1) is 14.1. The largest absolute Gasteiger partial charge is 0.291 e. The van der Waals surface area contributed by atoms with Gasteiger partial charge < -0.3 is 0 Å². The van der Waals surface area contributed by atoms with E-state index in [2.05, 4.69) is 14.4 Å². The molecule has 0 saturated carbocycles. The van der Waals surface area contributed by atoms with Gasteiger partial charge in [-0.25, -0.2) is 4.98 Å². The molecular weight excluding hydrogens is 314 g/mol. The minimum Gasteiger partial charge on any atom is -0.265 e. The van der Waals surface area contributed by atoms with Crippen LogP contribution in [0.5, 0.6) is 0 Å². The SMILES string of the molecule is CS(=O)(=O)OCc1cc2cnccc2[n+]2c1[nH]c1ccccc12. The fourth-order valence-corrected chi connectivity index (χ4v) is 3.14. The summed E-state index contributed by atoms with van der Waals surface area (Å²) in [6, 6.07) is 11.8. The van der Waals surface area contributed by atoms with E-state index in [1.54, 1.807) is 12.4 Å². The molecule has 0 fully saturated rings. The maximum absolute atomic E-state index is 11.3. The van der Waals surface area contributed by atoms with E-state index in [0.717, 1.165) is 39.4 Å². The topological polar surface area (TPSA) is 76.2 Å². The molecule has 1 N–H and O–H groups in total.